The summed E-state index contributed by atoms with van der Waals surface area (Å²) in [5.41, 5.74) is 1.91. The molecule has 0 saturated heterocycles. The first-order valence-corrected chi connectivity index (χ1v) is 24.5. The van der Waals surface area contributed by atoms with E-state index >= 15 is 0 Å². The third-order valence-corrected chi connectivity index (χ3v) is 11.8. The van der Waals surface area contributed by atoms with Gasteiger partial charge in [-0.25, -0.2) is 9.59 Å². The van der Waals surface area contributed by atoms with Crippen LogP contribution in [0.15, 0.2) is 109 Å². The van der Waals surface area contributed by atoms with Gasteiger partial charge in [-0.15, -0.1) is 0 Å². The molecule has 1 aromatic heterocycles. The number of aromatic hydroxyl groups is 1. The van der Waals surface area contributed by atoms with Gasteiger partial charge in [0.15, 0.2) is 5.43 Å². The molecule has 0 fully saturated rings. The number of aliphatic carboxylic acids is 1. The smallest absolute Gasteiger partial charge is 0.336 e. The predicted molar refractivity (Wildman–Crippen MR) is 280 cm³/mol. The first kappa shape index (κ1) is 56.6. The molecule has 8 N–H and O–H groups in total. The number of phenolic OH excluding ortho intramolecular Hbond substituents is 1. The van der Waals surface area contributed by atoms with E-state index in [2.05, 4.69) is 31.9 Å². The lowest BCUT2D eigenvalue weighted by atomic mass is 9.89. The molecule has 0 bridgehead atoms. The lowest BCUT2D eigenvalue weighted by Gasteiger charge is -2.21. The number of phenols is 1. The van der Waals surface area contributed by atoms with Crippen molar-refractivity contribution >= 4 is 74.6 Å². The molecule has 2 aliphatic rings. The number of hydrogen-bond acceptors (Lipinski definition) is 12. The first-order valence-electron chi connectivity index (χ1n) is 24.5. The van der Waals surface area contributed by atoms with Crippen molar-refractivity contribution < 1.29 is 52.6 Å². The number of allylic oxidation sites excluding steroid dienone is 3. The summed E-state index contributed by atoms with van der Waals surface area (Å²) in [6.07, 6.45) is 9.39. The maximum Gasteiger partial charge on any atom is 0.336 e. The monoisotopic (exact) mass is 1020 g/mol. The number of benzene rings is 3. The zero-order chi connectivity index (χ0) is 53.9. The number of rotatable bonds is 26. The highest BCUT2D eigenvalue weighted by Gasteiger charge is 2.26. The molecule has 19 nitrogen and oxygen atoms in total. The molecule has 74 heavy (non-hydrogen) atoms. The summed E-state index contributed by atoms with van der Waals surface area (Å²) in [5.74, 6) is -3.67. The fraction of sp³-hybridized carbons (Fsp3) is 0.364. The minimum absolute atomic E-state index is 0.00989. The van der Waals surface area contributed by atoms with Gasteiger partial charge in [-0.05, 0) is 106 Å². The Balaban J connectivity index is 1.09. The van der Waals surface area contributed by atoms with E-state index < -0.39 is 47.9 Å². The SMILES string of the molecule is C\C=C(C(=O)O)/C(=C\C=C/CC(=O)NCCCCCC(=O)N[C@H](CC(C)C)C(=O)NCC(=O)N[C@@H](CCCCNC(C)=O)C(=O)Nc1ccc2c(C)cc(=O)oc2c1)c1c2ccc(=O)cc-2oc2cc(O)ccc12. The lowest BCUT2D eigenvalue weighted by Crippen LogP contribution is -2.51. The Morgan fingerprint density at radius 1 is 0.730 bits per heavy atom. The number of anilines is 1. The van der Waals surface area contributed by atoms with E-state index in [1.54, 1.807) is 56.3 Å². The van der Waals surface area contributed by atoms with Gasteiger partial charge in [0, 0.05) is 84.7 Å². The van der Waals surface area contributed by atoms with Gasteiger partial charge in [0.25, 0.3) is 0 Å². The molecule has 0 saturated carbocycles. The van der Waals surface area contributed by atoms with Crippen LogP contribution in [0.3, 0.4) is 0 Å². The van der Waals surface area contributed by atoms with Crippen molar-refractivity contribution in [1.82, 2.24) is 26.6 Å². The Morgan fingerprint density at radius 2 is 1.45 bits per heavy atom. The fourth-order valence-corrected chi connectivity index (χ4v) is 8.22. The van der Waals surface area contributed by atoms with E-state index in [9.17, 15) is 53.4 Å². The van der Waals surface area contributed by atoms with Crippen molar-refractivity contribution in [2.45, 2.75) is 104 Å². The van der Waals surface area contributed by atoms with Crippen LogP contribution in [0.5, 0.6) is 5.75 Å². The van der Waals surface area contributed by atoms with Gasteiger partial charge in [-0.3, -0.25) is 33.6 Å². The van der Waals surface area contributed by atoms with Crippen LogP contribution in [0.1, 0.15) is 96.6 Å². The number of carbonyl (C=O) groups is 7. The quantitative estimate of drug-likeness (QED) is 0.0102. The minimum atomic E-state index is -1.20. The number of nitrogens with one attached hydrogen (secondary N) is 6. The standard InChI is InChI=1S/C55H64N6O13/c1-6-38(55(71)72)40(52-41-22-19-36(63)29-46(41)73-47-30-37(64)20-23-42(47)52)14-9-10-16-48(65)57-25-12-7-8-17-49(66)61-44(26-32(2)3)53(69)58-31-50(67)60-43(15-11-13-24-56-34(5)62)54(70)59-35-18-21-39-33(4)27-51(68)74-45(39)28-35/h6,9-10,14,18-23,27-30,32,43-44,63H,7-8,11-13,15-17,24-26,31H2,1-5H3,(H,56,62)(H,57,65)(H,58,69)(H,59,70)(H,60,67)(H,61,66)(H,71,72)/b10-9-,38-6+,40-14+/t43-,44+/m0/s1. The highest BCUT2D eigenvalue weighted by molar-refractivity contribution is 6.12. The molecule has 1 aliphatic carbocycles. The van der Waals surface area contributed by atoms with Crippen molar-refractivity contribution in [1.29, 1.82) is 0 Å². The van der Waals surface area contributed by atoms with E-state index in [4.69, 9.17) is 8.83 Å². The van der Waals surface area contributed by atoms with Gasteiger partial charge < -0.3 is 50.9 Å². The molecular weight excluding hydrogens is 953 g/mol. The number of unbranched alkanes of at least 4 members (excludes halogenated alkanes) is 3. The van der Waals surface area contributed by atoms with Crippen LogP contribution in [0.4, 0.5) is 5.69 Å². The van der Waals surface area contributed by atoms with Crippen LogP contribution < -0.4 is 43.0 Å². The Hall–Kier alpha value is -8.35. The number of carboxylic acids is 1. The number of amides is 6. The van der Waals surface area contributed by atoms with Crippen LogP contribution in [0, 0.1) is 12.8 Å². The topological polar surface area (TPSA) is 293 Å². The van der Waals surface area contributed by atoms with E-state index in [1.165, 1.54) is 49.4 Å². The van der Waals surface area contributed by atoms with E-state index in [0.29, 0.717) is 90.3 Å². The van der Waals surface area contributed by atoms with Crippen molar-refractivity contribution in [2.24, 2.45) is 5.92 Å². The Morgan fingerprint density at radius 3 is 2.18 bits per heavy atom. The van der Waals surface area contributed by atoms with Gasteiger partial charge >= 0.3 is 11.6 Å². The maximum atomic E-state index is 13.5. The third-order valence-electron chi connectivity index (χ3n) is 11.8. The number of fused-ring (bicyclic) bond motifs is 3. The zero-order valence-corrected chi connectivity index (χ0v) is 42.2. The largest absolute Gasteiger partial charge is 0.508 e. The normalized spacial score (nSPS) is 12.7. The molecule has 2 heterocycles. The molecule has 0 radical (unpaired) electrons. The molecule has 2 atom stereocenters. The molecule has 6 amide bonds. The Bertz CT molecular complexity index is 3060. The lowest BCUT2D eigenvalue weighted by molar-refractivity contribution is -0.132. The summed E-state index contributed by atoms with van der Waals surface area (Å²) < 4.78 is 11.2. The molecule has 1 aliphatic heterocycles. The predicted octanol–water partition coefficient (Wildman–Crippen LogP) is 6.13. The van der Waals surface area contributed by atoms with Crippen LogP contribution in [-0.2, 0) is 33.6 Å². The second-order valence-electron chi connectivity index (χ2n) is 18.2. The molecule has 19 heteroatoms. The van der Waals surface area contributed by atoms with E-state index in [0.717, 1.165) is 0 Å². The van der Waals surface area contributed by atoms with Gasteiger partial charge in [-0.1, -0.05) is 44.6 Å². The number of aryl methyl sites for hydroxylation is 1. The number of carboxylic acid groups (broad SMARTS) is 1. The van der Waals surface area contributed by atoms with Crippen molar-refractivity contribution in [3.63, 3.8) is 0 Å². The molecule has 5 rings (SSSR count). The highest BCUT2D eigenvalue weighted by atomic mass is 16.4. The molecule has 3 aromatic rings. The van der Waals surface area contributed by atoms with Crippen LogP contribution >= 0.6 is 0 Å². The van der Waals surface area contributed by atoms with Gasteiger partial charge in [0.1, 0.15) is 34.8 Å². The van der Waals surface area contributed by atoms with Crippen LogP contribution in [0.2, 0.25) is 0 Å². The maximum absolute atomic E-state index is 13.5. The second kappa shape index (κ2) is 27.5. The second-order valence-corrected chi connectivity index (χ2v) is 18.2. The van der Waals surface area contributed by atoms with Crippen molar-refractivity contribution in [3.8, 4) is 17.1 Å². The molecule has 0 unspecified atom stereocenters. The van der Waals surface area contributed by atoms with Gasteiger partial charge in [0.2, 0.25) is 35.4 Å². The third kappa shape index (κ3) is 16.9. The van der Waals surface area contributed by atoms with Crippen molar-refractivity contribution in [3.05, 3.63) is 122 Å². The molecule has 2 aromatic carbocycles. The average Bonchev–Trinajstić information content (AvgIpc) is 3.33. The first-order chi connectivity index (χ1) is 35.3. The summed E-state index contributed by atoms with van der Waals surface area (Å²) in [5, 5.41) is 37.8. The highest BCUT2D eigenvalue weighted by Crippen LogP contribution is 2.40. The van der Waals surface area contributed by atoms with E-state index in [-0.39, 0.29) is 76.6 Å². The Kier molecular flexibility index (Phi) is 21.0. The average molecular weight is 1020 g/mol. The van der Waals surface area contributed by atoms with Crippen LogP contribution in [-0.4, -0.2) is 83.3 Å². The van der Waals surface area contributed by atoms with Gasteiger partial charge in [0.05, 0.1) is 12.1 Å². The van der Waals surface area contributed by atoms with Crippen LogP contribution in [0.25, 0.3) is 38.8 Å². The summed E-state index contributed by atoms with van der Waals surface area (Å²) in [6.45, 7) is 8.76. The van der Waals surface area contributed by atoms with E-state index in [1.807, 2.05) is 13.8 Å². The minimum Gasteiger partial charge on any atom is -0.508 e. The summed E-state index contributed by atoms with van der Waals surface area (Å²) in [6, 6.07) is 12.9. The number of hydrogen-bond donors (Lipinski definition) is 8. The van der Waals surface area contributed by atoms with Gasteiger partial charge in [-0.2, -0.15) is 0 Å². The Labute approximate surface area is 427 Å². The number of carbonyl (C=O) groups excluding carboxylic acids is 6. The van der Waals surface area contributed by atoms with Crippen molar-refractivity contribution in [2.75, 3.05) is 25.0 Å². The molecule has 392 valence electrons. The summed E-state index contributed by atoms with van der Waals surface area (Å²) in [4.78, 5) is 114. The fourth-order valence-electron chi connectivity index (χ4n) is 8.22. The summed E-state index contributed by atoms with van der Waals surface area (Å²) >= 11 is 0. The summed E-state index contributed by atoms with van der Waals surface area (Å²) in [7, 11) is 0. The zero-order valence-electron chi connectivity index (χ0n) is 42.2. The molecule has 0 spiro atoms. The molecular formula is C55H64N6O13.